The van der Waals surface area contributed by atoms with Crippen molar-refractivity contribution in [1.29, 1.82) is 0 Å². The molecule has 0 aliphatic carbocycles. The Morgan fingerprint density at radius 3 is 2.48 bits per heavy atom. The first-order valence-corrected chi connectivity index (χ1v) is 9.68. The van der Waals surface area contributed by atoms with Crippen LogP contribution in [0.2, 0.25) is 0 Å². The Morgan fingerprint density at radius 2 is 1.80 bits per heavy atom. The topological polar surface area (TPSA) is 30.5 Å². The number of ether oxygens (including phenoxy) is 2. The summed E-state index contributed by atoms with van der Waals surface area (Å²) in [5.41, 5.74) is 3.57. The van der Waals surface area contributed by atoms with Gasteiger partial charge < -0.3 is 14.8 Å². The fourth-order valence-electron chi connectivity index (χ4n) is 2.59. The Bertz CT molecular complexity index is 656. The fourth-order valence-corrected chi connectivity index (χ4v) is 3.19. The number of hydrogen-bond donors (Lipinski definition) is 1. The highest BCUT2D eigenvalue weighted by molar-refractivity contribution is 9.10. The zero-order valence-corrected chi connectivity index (χ0v) is 17.0. The number of rotatable bonds is 10. The first-order chi connectivity index (χ1) is 12.1. The minimum atomic E-state index is 0.518. The summed E-state index contributed by atoms with van der Waals surface area (Å²) in [7, 11) is 1.68. The second-order valence-corrected chi connectivity index (χ2v) is 7.12. The second kappa shape index (κ2) is 10.5. The van der Waals surface area contributed by atoms with Crippen LogP contribution in [0.3, 0.4) is 0 Å². The van der Waals surface area contributed by atoms with Crippen molar-refractivity contribution < 1.29 is 9.47 Å². The van der Waals surface area contributed by atoms with Gasteiger partial charge in [-0.05, 0) is 59.1 Å². The number of unbranched alkanes of at least 4 members (excludes halogenated alkanes) is 2. The predicted molar refractivity (Wildman–Crippen MR) is 107 cm³/mol. The first-order valence-electron chi connectivity index (χ1n) is 8.89. The number of aryl methyl sites for hydroxylation is 1. The molecular weight excluding hydrogens is 378 g/mol. The molecule has 2 aromatic rings. The van der Waals surface area contributed by atoms with Gasteiger partial charge in [0.2, 0.25) is 0 Å². The molecule has 25 heavy (non-hydrogen) atoms. The highest BCUT2D eigenvalue weighted by Gasteiger charge is 2.12. The minimum Gasteiger partial charge on any atom is -0.493 e. The van der Waals surface area contributed by atoms with Crippen LogP contribution in [0, 0.1) is 6.92 Å². The van der Waals surface area contributed by atoms with Gasteiger partial charge in [-0.3, -0.25) is 0 Å². The number of methoxy groups -OCH3 is 1. The Balaban J connectivity index is 1.99. The van der Waals surface area contributed by atoms with Gasteiger partial charge in [0.15, 0.2) is 11.5 Å². The molecule has 0 amide bonds. The lowest BCUT2D eigenvalue weighted by Crippen LogP contribution is -2.14. The quantitative estimate of drug-likeness (QED) is 0.519. The highest BCUT2D eigenvalue weighted by atomic mass is 79.9. The summed E-state index contributed by atoms with van der Waals surface area (Å²) in [5.74, 6) is 1.50. The van der Waals surface area contributed by atoms with Crippen molar-refractivity contribution in [3.05, 3.63) is 57.6 Å². The van der Waals surface area contributed by atoms with Crippen molar-refractivity contribution in [2.45, 2.75) is 46.3 Å². The van der Waals surface area contributed by atoms with E-state index < -0.39 is 0 Å². The van der Waals surface area contributed by atoms with Gasteiger partial charge in [-0.2, -0.15) is 0 Å². The molecule has 0 aliphatic rings. The van der Waals surface area contributed by atoms with Crippen molar-refractivity contribution in [2.75, 3.05) is 13.7 Å². The molecule has 136 valence electrons. The minimum absolute atomic E-state index is 0.518. The average molecular weight is 406 g/mol. The van der Waals surface area contributed by atoms with Crippen LogP contribution in [-0.2, 0) is 13.2 Å². The highest BCUT2D eigenvalue weighted by Crippen LogP contribution is 2.37. The summed E-state index contributed by atoms with van der Waals surface area (Å²) in [6, 6.07) is 12.5. The molecule has 0 aromatic heterocycles. The lowest BCUT2D eigenvalue weighted by molar-refractivity contribution is 0.282. The smallest absolute Gasteiger partial charge is 0.175 e. The lowest BCUT2D eigenvalue weighted by atomic mass is 10.1. The SMILES string of the molecule is CCCCCNCc1cc(Br)c(OCc2ccc(C)cc2)c(OC)c1. The van der Waals surface area contributed by atoms with E-state index >= 15 is 0 Å². The van der Waals surface area contributed by atoms with E-state index in [4.69, 9.17) is 9.47 Å². The van der Waals surface area contributed by atoms with E-state index in [2.05, 4.69) is 65.4 Å². The second-order valence-electron chi connectivity index (χ2n) is 6.27. The molecule has 0 atom stereocenters. The van der Waals surface area contributed by atoms with E-state index in [1.165, 1.54) is 30.4 Å². The van der Waals surface area contributed by atoms with Crippen molar-refractivity contribution in [3.63, 3.8) is 0 Å². The third kappa shape index (κ3) is 6.37. The van der Waals surface area contributed by atoms with Crippen molar-refractivity contribution in [3.8, 4) is 11.5 Å². The molecule has 0 unspecified atom stereocenters. The predicted octanol–water partition coefficient (Wildman–Crippen LogP) is 5.62. The van der Waals surface area contributed by atoms with Gasteiger partial charge in [-0.1, -0.05) is 49.6 Å². The molecule has 0 saturated heterocycles. The van der Waals surface area contributed by atoms with Gasteiger partial charge in [0, 0.05) is 6.54 Å². The molecule has 0 saturated carbocycles. The normalized spacial score (nSPS) is 10.7. The Kier molecular flexibility index (Phi) is 8.29. The largest absolute Gasteiger partial charge is 0.493 e. The van der Waals surface area contributed by atoms with Crippen LogP contribution < -0.4 is 14.8 Å². The molecule has 3 nitrogen and oxygen atoms in total. The summed E-state index contributed by atoms with van der Waals surface area (Å²) >= 11 is 3.63. The van der Waals surface area contributed by atoms with Crippen LogP contribution in [0.4, 0.5) is 0 Å². The van der Waals surface area contributed by atoms with E-state index in [9.17, 15) is 0 Å². The zero-order valence-electron chi connectivity index (χ0n) is 15.4. The Morgan fingerprint density at radius 1 is 1.04 bits per heavy atom. The summed E-state index contributed by atoms with van der Waals surface area (Å²) < 4.78 is 12.5. The molecule has 1 N–H and O–H groups in total. The van der Waals surface area contributed by atoms with Crippen LogP contribution in [0.25, 0.3) is 0 Å². The van der Waals surface area contributed by atoms with Gasteiger partial charge >= 0.3 is 0 Å². The average Bonchev–Trinajstić information content (AvgIpc) is 2.61. The van der Waals surface area contributed by atoms with Gasteiger partial charge in [0.25, 0.3) is 0 Å². The van der Waals surface area contributed by atoms with E-state index in [0.717, 1.165) is 34.6 Å². The van der Waals surface area contributed by atoms with E-state index in [-0.39, 0.29) is 0 Å². The molecule has 0 radical (unpaired) electrons. The third-order valence-electron chi connectivity index (χ3n) is 4.08. The van der Waals surface area contributed by atoms with Crippen molar-refractivity contribution >= 4 is 15.9 Å². The molecule has 4 heteroatoms. The van der Waals surface area contributed by atoms with E-state index in [0.29, 0.717) is 6.61 Å². The van der Waals surface area contributed by atoms with Gasteiger partial charge in [-0.15, -0.1) is 0 Å². The number of hydrogen-bond acceptors (Lipinski definition) is 3. The van der Waals surface area contributed by atoms with E-state index in [1.807, 2.05) is 6.07 Å². The molecule has 2 aromatic carbocycles. The van der Waals surface area contributed by atoms with Crippen LogP contribution in [0.15, 0.2) is 40.9 Å². The van der Waals surface area contributed by atoms with Gasteiger partial charge in [-0.25, -0.2) is 0 Å². The van der Waals surface area contributed by atoms with Gasteiger partial charge in [0.05, 0.1) is 11.6 Å². The van der Waals surface area contributed by atoms with Crippen LogP contribution in [0.1, 0.15) is 42.9 Å². The number of nitrogens with one attached hydrogen (secondary N) is 1. The molecule has 0 spiro atoms. The van der Waals surface area contributed by atoms with Crippen LogP contribution in [0.5, 0.6) is 11.5 Å². The van der Waals surface area contributed by atoms with Crippen LogP contribution in [-0.4, -0.2) is 13.7 Å². The van der Waals surface area contributed by atoms with Crippen molar-refractivity contribution in [2.24, 2.45) is 0 Å². The lowest BCUT2D eigenvalue weighted by Gasteiger charge is -2.15. The fraction of sp³-hybridized carbons (Fsp3) is 0.429. The maximum atomic E-state index is 6.01. The monoisotopic (exact) mass is 405 g/mol. The Labute approximate surface area is 159 Å². The summed E-state index contributed by atoms with van der Waals surface area (Å²) in [6.07, 6.45) is 3.73. The molecule has 0 heterocycles. The standard InChI is InChI=1S/C21H28BrNO2/c1-4-5-6-11-23-14-18-12-19(22)21(20(13-18)24-3)25-15-17-9-7-16(2)8-10-17/h7-10,12-13,23H,4-6,11,14-15H2,1-3H3. The summed E-state index contributed by atoms with van der Waals surface area (Å²) in [6.45, 7) is 6.69. The van der Waals surface area contributed by atoms with Crippen molar-refractivity contribution in [1.82, 2.24) is 5.32 Å². The summed E-state index contributed by atoms with van der Waals surface area (Å²) in [5, 5.41) is 3.48. The molecule has 0 bridgehead atoms. The van der Waals surface area contributed by atoms with Crippen LogP contribution >= 0.6 is 15.9 Å². The molecule has 2 rings (SSSR count). The number of benzene rings is 2. The molecular formula is C21H28BrNO2. The Hall–Kier alpha value is -1.52. The summed E-state index contributed by atoms with van der Waals surface area (Å²) in [4.78, 5) is 0. The first kappa shape index (κ1) is 19.8. The maximum absolute atomic E-state index is 6.01. The zero-order chi connectivity index (χ0) is 18.1. The number of halogens is 1. The molecule has 0 aliphatic heterocycles. The maximum Gasteiger partial charge on any atom is 0.175 e. The molecule has 0 fully saturated rings. The van der Waals surface area contributed by atoms with Gasteiger partial charge in [0.1, 0.15) is 6.61 Å². The third-order valence-corrected chi connectivity index (χ3v) is 4.67. The van der Waals surface area contributed by atoms with E-state index in [1.54, 1.807) is 7.11 Å².